The molecule has 0 aromatic heterocycles. The maximum atomic E-state index is 12.3. The van der Waals surface area contributed by atoms with Crippen LogP contribution in [0, 0.1) is 0 Å². The SMILES string of the molecule is O=C1CCCN2c3ccccc3COc3cccc1c32. The molecular formula is C17H15NO2. The molecule has 0 fully saturated rings. The molecule has 3 nitrogen and oxygen atoms in total. The van der Waals surface area contributed by atoms with Gasteiger partial charge in [0.05, 0.1) is 5.69 Å². The van der Waals surface area contributed by atoms with Crippen LogP contribution in [0.2, 0.25) is 0 Å². The molecule has 100 valence electrons. The lowest BCUT2D eigenvalue weighted by Crippen LogP contribution is -2.18. The van der Waals surface area contributed by atoms with Gasteiger partial charge >= 0.3 is 0 Å². The molecule has 0 bridgehead atoms. The van der Waals surface area contributed by atoms with E-state index >= 15 is 0 Å². The lowest BCUT2D eigenvalue weighted by molar-refractivity contribution is 0.0983. The van der Waals surface area contributed by atoms with Gasteiger partial charge in [-0.25, -0.2) is 0 Å². The Labute approximate surface area is 117 Å². The van der Waals surface area contributed by atoms with Gasteiger partial charge < -0.3 is 9.64 Å². The van der Waals surface area contributed by atoms with Gasteiger partial charge in [0.1, 0.15) is 12.4 Å². The Bertz CT molecular complexity index is 693. The number of para-hydroxylation sites is 2. The second kappa shape index (κ2) is 4.37. The van der Waals surface area contributed by atoms with E-state index in [-0.39, 0.29) is 5.78 Å². The van der Waals surface area contributed by atoms with Crippen molar-refractivity contribution in [3.63, 3.8) is 0 Å². The molecule has 20 heavy (non-hydrogen) atoms. The standard InChI is InChI=1S/C17H15NO2/c19-15-8-4-10-18-14-7-2-1-5-12(14)11-20-16-9-3-6-13(15)17(16)18/h1-3,5-7,9H,4,8,10-11H2. The summed E-state index contributed by atoms with van der Waals surface area (Å²) in [4.78, 5) is 14.5. The van der Waals surface area contributed by atoms with Crippen molar-refractivity contribution in [3.05, 3.63) is 53.6 Å². The van der Waals surface area contributed by atoms with E-state index in [9.17, 15) is 4.79 Å². The van der Waals surface area contributed by atoms with Crippen LogP contribution < -0.4 is 9.64 Å². The summed E-state index contributed by atoms with van der Waals surface area (Å²) in [5.74, 6) is 1.03. The summed E-state index contributed by atoms with van der Waals surface area (Å²) in [6.45, 7) is 1.41. The first-order valence-corrected chi connectivity index (χ1v) is 6.99. The van der Waals surface area contributed by atoms with Gasteiger partial charge in [0.2, 0.25) is 0 Å². The highest BCUT2D eigenvalue weighted by Crippen LogP contribution is 2.43. The minimum Gasteiger partial charge on any atom is -0.487 e. The summed E-state index contributed by atoms with van der Waals surface area (Å²) in [6, 6.07) is 14.0. The molecule has 2 heterocycles. The van der Waals surface area contributed by atoms with Crippen molar-refractivity contribution in [2.75, 3.05) is 11.4 Å². The minimum absolute atomic E-state index is 0.215. The van der Waals surface area contributed by atoms with E-state index in [1.807, 2.05) is 30.3 Å². The molecule has 0 radical (unpaired) electrons. The van der Waals surface area contributed by atoms with E-state index in [4.69, 9.17) is 4.74 Å². The number of hydrogen-bond acceptors (Lipinski definition) is 3. The first-order chi connectivity index (χ1) is 9.84. The summed E-state index contributed by atoms with van der Waals surface area (Å²) in [5, 5.41) is 0. The van der Waals surface area contributed by atoms with Crippen LogP contribution in [0.3, 0.4) is 0 Å². The Morgan fingerprint density at radius 2 is 1.95 bits per heavy atom. The highest BCUT2D eigenvalue weighted by atomic mass is 16.5. The summed E-state index contributed by atoms with van der Waals surface area (Å²) >= 11 is 0. The predicted octanol–water partition coefficient (Wildman–Crippen LogP) is 3.69. The zero-order valence-electron chi connectivity index (χ0n) is 11.1. The second-order valence-electron chi connectivity index (χ2n) is 5.25. The molecule has 0 saturated heterocycles. The largest absolute Gasteiger partial charge is 0.487 e. The van der Waals surface area contributed by atoms with Gasteiger partial charge in [0, 0.05) is 29.8 Å². The van der Waals surface area contributed by atoms with E-state index in [0.29, 0.717) is 13.0 Å². The van der Waals surface area contributed by atoms with Crippen LogP contribution in [0.5, 0.6) is 5.75 Å². The number of anilines is 2. The van der Waals surface area contributed by atoms with Crippen molar-refractivity contribution >= 4 is 17.2 Å². The number of fused-ring (bicyclic) bond motifs is 2. The number of nitrogens with zero attached hydrogens (tertiary/aromatic N) is 1. The van der Waals surface area contributed by atoms with Crippen LogP contribution >= 0.6 is 0 Å². The molecule has 2 aromatic carbocycles. The van der Waals surface area contributed by atoms with Crippen molar-refractivity contribution in [1.82, 2.24) is 0 Å². The minimum atomic E-state index is 0.215. The van der Waals surface area contributed by atoms with Gasteiger partial charge in [-0.1, -0.05) is 24.3 Å². The first kappa shape index (κ1) is 11.5. The summed E-state index contributed by atoms with van der Waals surface area (Å²) in [5.41, 5.74) is 4.06. The average Bonchev–Trinajstić information content (AvgIpc) is 2.75. The summed E-state index contributed by atoms with van der Waals surface area (Å²) in [7, 11) is 0. The normalized spacial score (nSPS) is 16.6. The molecule has 0 amide bonds. The zero-order valence-corrected chi connectivity index (χ0v) is 11.1. The average molecular weight is 265 g/mol. The second-order valence-corrected chi connectivity index (χ2v) is 5.25. The number of ether oxygens (including phenoxy) is 1. The molecule has 0 aliphatic carbocycles. The van der Waals surface area contributed by atoms with Gasteiger partial charge in [0.25, 0.3) is 0 Å². The zero-order chi connectivity index (χ0) is 13.5. The highest BCUT2D eigenvalue weighted by molar-refractivity contribution is 6.04. The van der Waals surface area contributed by atoms with Crippen molar-refractivity contribution in [3.8, 4) is 5.75 Å². The van der Waals surface area contributed by atoms with Crippen LogP contribution in [0.25, 0.3) is 0 Å². The van der Waals surface area contributed by atoms with Gasteiger partial charge in [-0.05, 0) is 24.6 Å². The number of ketones is 1. The third-order valence-corrected chi connectivity index (χ3v) is 4.02. The lowest BCUT2D eigenvalue weighted by Gasteiger charge is -2.25. The van der Waals surface area contributed by atoms with Gasteiger partial charge in [-0.15, -0.1) is 0 Å². The van der Waals surface area contributed by atoms with E-state index in [1.54, 1.807) is 0 Å². The molecule has 0 N–H and O–H groups in total. The molecule has 0 saturated carbocycles. The predicted molar refractivity (Wildman–Crippen MR) is 77.8 cm³/mol. The van der Waals surface area contributed by atoms with Crippen molar-refractivity contribution < 1.29 is 9.53 Å². The molecule has 2 aliphatic heterocycles. The van der Waals surface area contributed by atoms with Crippen molar-refractivity contribution in [1.29, 1.82) is 0 Å². The van der Waals surface area contributed by atoms with Gasteiger partial charge in [0.15, 0.2) is 5.78 Å². The third kappa shape index (κ3) is 1.63. The van der Waals surface area contributed by atoms with E-state index in [0.717, 1.165) is 35.7 Å². The Kier molecular flexibility index (Phi) is 2.52. The van der Waals surface area contributed by atoms with Gasteiger partial charge in [-0.2, -0.15) is 0 Å². The molecule has 2 aliphatic rings. The number of rotatable bonds is 0. The Morgan fingerprint density at radius 1 is 1.05 bits per heavy atom. The summed E-state index contributed by atoms with van der Waals surface area (Å²) in [6.07, 6.45) is 1.48. The van der Waals surface area contributed by atoms with E-state index in [2.05, 4.69) is 17.0 Å². The lowest BCUT2D eigenvalue weighted by atomic mass is 10.1. The third-order valence-electron chi connectivity index (χ3n) is 4.02. The Morgan fingerprint density at radius 3 is 2.90 bits per heavy atom. The monoisotopic (exact) mass is 265 g/mol. The van der Waals surface area contributed by atoms with E-state index in [1.165, 1.54) is 5.56 Å². The fourth-order valence-corrected chi connectivity index (χ4v) is 3.08. The molecule has 2 aromatic rings. The van der Waals surface area contributed by atoms with Crippen molar-refractivity contribution in [2.45, 2.75) is 19.4 Å². The Balaban J connectivity index is 2.00. The molecule has 0 unspecified atom stereocenters. The smallest absolute Gasteiger partial charge is 0.165 e. The van der Waals surface area contributed by atoms with Crippen molar-refractivity contribution in [2.24, 2.45) is 0 Å². The first-order valence-electron chi connectivity index (χ1n) is 6.99. The van der Waals surface area contributed by atoms with Crippen LogP contribution in [0.4, 0.5) is 11.4 Å². The number of Topliss-reactive ketones (excluding diaryl/α,β-unsaturated/α-hetero) is 1. The van der Waals surface area contributed by atoms with E-state index < -0.39 is 0 Å². The number of benzene rings is 2. The van der Waals surface area contributed by atoms with Crippen LogP contribution in [-0.2, 0) is 6.61 Å². The molecule has 0 spiro atoms. The number of carbonyl (C=O) groups is 1. The summed E-state index contributed by atoms with van der Waals surface area (Å²) < 4.78 is 5.93. The Hall–Kier alpha value is -2.29. The molecule has 3 heteroatoms. The van der Waals surface area contributed by atoms with Crippen LogP contribution in [0.15, 0.2) is 42.5 Å². The fourth-order valence-electron chi connectivity index (χ4n) is 3.08. The van der Waals surface area contributed by atoms with Gasteiger partial charge in [-0.3, -0.25) is 4.79 Å². The number of hydrogen-bond donors (Lipinski definition) is 0. The molecule has 0 atom stereocenters. The molecular weight excluding hydrogens is 250 g/mol. The maximum Gasteiger partial charge on any atom is 0.165 e. The maximum absolute atomic E-state index is 12.3. The van der Waals surface area contributed by atoms with Crippen LogP contribution in [-0.4, -0.2) is 12.3 Å². The quantitative estimate of drug-likeness (QED) is 0.727. The van der Waals surface area contributed by atoms with Crippen LogP contribution in [0.1, 0.15) is 28.8 Å². The molecule has 4 rings (SSSR count). The highest BCUT2D eigenvalue weighted by Gasteiger charge is 2.28. The number of carbonyl (C=O) groups excluding carboxylic acids is 1. The fraction of sp³-hybridized carbons (Fsp3) is 0.235. The topological polar surface area (TPSA) is 29.5 Å².